The van der Waals surface area contributed by atoms with E-state index in [1.807, 2.05) is 37.3 Å². The zero-order chi connectivity index (χ0) is 13.7. The molecule has 0 amide bonds. The first-order valence-electron chi connectivity index (χ1n) is 6.13. The SMILES string of the molecule is CCOc1ccc(Cl)cc1CNc1ccc(O)cc1. The first-order valence-corrected chi connectivity index (χ1v) is 6.51. The number of phenolic OH excluding ortho intramolecular Hbond substituents is 1. The number of hydrogen-bond donors (Lipinski definition) is 2. The van der Waals surface area contributed by atoms with Gasteiger partial charge in [0, 0.05) is 22.8 Å². The summed E-state index contributed by atoms with van der Waals surface area (Å²) in [6.45, 7) is 3.18. The van der Waals surface area contributed by atoms with Crippen molar-refractivity contribution in [2.75, 3.05) is 11.9 Å². The van der Waals surface area contributed by atoms with Crippen LogP contribution in [0.15, 0.2) is 42.5 Å². The van der Waals surface area contributed by atoms with E-state index >= 15 is 0 Å². The highest BCUT2D eigenvalue weighted by Crippen LogP contribution is 2.24. The number of halogens is 1. The Bertz CT molecular complexity index is 540. The van der Waals surface area contributed by atoms with Gasteiger partial charge in [0.1, 0.15) is 11.5 Å². The van der Waals surface area contributed by atoms with Gasteiger partial charge in [-0.1, -0.05) is 11.6 Å². The molecule has 0 saturated carbocycles. The first-order chi connectivity index (χ1) is 9.19. The molecule has 0 aliphatic rings. The van der Waals surface area contributed by atoms with Gasteiger partial charge >= 0.3 is 0 Å². The summed E-state index contributed by atoms with van der Waals surface area (Å²) < 4.78 is 5.56. The minimum absolute atomic E-state index is 0.253. The molecule has 0 aromatic heterocycles. The lowest BCUT2D eigenvalue weighted by atomic mass is 10.2. The molecule has 100 valence electrons. The van der Waals surface area contributed by atoms with Crippen LogP contribution in [-0.4, -0.2) is 11.7 Å². The van der Waals surface area contributed by atoms with Crippen molar-refractivity contribution in [2.24, 2.45) is 0 Å². The Morgan fingerprint density at radius 1 is 1.16 bits per heavy atom. The van der Waals surface area contributed by atoms with Crippen LogP contribution < -0.4 is 10.1 Å². The number of rotatable bonds is 5. The molecule has 2 aromatic rings. The molecular weight excluding hydrogens is 262 g/mol. The van der Waals surface area contributed by atoms with E-state index in [0.717, 1.165) is 17.0 Å². The standard InChI is InChI=1S/C15H16ClNO2/c1-2-19-15-8-3-12(16)9-11(15)10-17-13-4-6-14(18)7-5-13/h3-9,17-18H,2,10H2,1H3. The molecule has 0 radical (unpaired) electrons. The van der Waals surface area contributed by atoms with E-state index < -0.39 is 0 Å². The van der Waals surface area contributed by atoms with E-state index in [4.69, 9.17) is 16.3 Å². The van der Waals surface area contributed by atoms with Gasteiger partial charge in [-0.25, -0.2) is 0 Å². The Morgan fingerprint density at radius 3 is 2.58 bits per heavy atom. The Kier molecular flexibility index (Phi) is 4.53. The van der Waals surface area contributed by atoms with Crippen LogP contribution in [0.3, 0.4) is 0 Å². The van der Waals surface area contributed by atoms with Gasteiger partial charge in [0.05, 0.1) is 6.61 Å². The van der Waals surface area contributed by atoms with Crippen molar-refractivity contribution in [2.45, 2.75) is 13.5 Å². The highest BCUT2D eigenvalue weighted by atomic mass is 35.5. The molecule has 0 aliphatic heterocycles. The van der Waals surface area contributed by atoms with Gasteiger partial charge in [0.2, 0.25) is 0 Å². The van der Waals surface area contributed by atoms with Gasteiger partial charge in [-0.05, 0) is 49.4 Å². The van der Waals surface area contributed by atoms with E-state index in [0.29, 0.717) is 18.2 Å². The highest BCUT2D eigenvalue weighted by Gasteiger charge is 2.04. The Labute approximate surface area is 117 Å². The van der Waals surface area contributed by atoms with Crippen LogP contribution in [0.1, 0.15) is 12.5 Å². The summed E-state index contributed by atoms with van der Waals surface area (Å²) in [6, 6.07) is 12.5. The Balaban J connectivity index is 2.09. The first kappa shape index (κ1) is 13.6. The monoisotopic (exact) mass is 277 g/mol. The average molecular weight is 278 g/mol. The van der Waals surface area contributed by atoms with Crippen molar-refractivity contribution in [3.63, 3.8) is 0 Å². The van der Waals surface area contributed by atoms with Crippen molar-refractivity contribution < 1.29 is 9.84 Å². The molecule has 0 fully saturated rings. The molecule has 4 heteroatoms. The van der Waals surface area contributed by atoms with Crippen molar-refractivity contribution in [3.05, 3.63) is 53.1 Å². The molecule has 2 rings (SSSR count). The lowest BCUT2D eigenvalue weighted by Gasteiger charge is -2.12. The second-order valence-electron chi connectivity index (χ2n) is 4.09. The molecule has 0 spiro atoms. The number of nitrogens with one attached hydrogen (secondary N) is 1. The average Bonchev–Trinajstić information content (AvgIpc) is 2.41. The molecule has 3 nitrogen and oxygen atoms in total. The van der Waals surface area contributed by atoms with Gasteiger partial charge in [0.25, 0.3) is 0 Å². The maximum absolute atomic E-state index is 9.23. The largest absolute Gasteiger partial charge is 0.508 e. The Morgan fingerprint density at radius 2 is 1.89 bits per heavy atom. The van der Waals surface area contributed by atoms with Crippen LogP contribution in [-0.2, 0) is 6.54 Å². The van der Waals surface area contributed by atoms with Gasteiger partial charge < -0.3 is 15.2 Å². The molecule has 0 saturated heterocycles. The number of anilines is 1. The molecule has 0 aliphatic carbocycles. The zero-order valence-corrected chi connectivity index (χ0v) is 11.4. The molecule has 0 heterocycles. The summed E-state index contributed by atoms with van der Waals surface area (Å²) in [5.74, 6) is 1.08. The van der Waals surface area contributed by atoms with E-state index in [2.05, 4.69) is 5.32 Å². The summed E-state index contributed by atoms with van der Waals surface area (Å²) in [4.78, 5) is 0. The fourth-order valence-electron chi connectivity index (χ4n) is 1.76. The fraction of sp³-hybridized carbons (Fsp3) is 0.200. The minimum atomic E-state index is 0.253. The number of phenols is 1. The van der Waals surface area contributed by atoms with E-state index in [1.54, 1.807) is 12.1 Å². The molecule has 0 atom stereocenters. The second kappa shape index (κ2) is 6.34. The highest BCUT2D eigenvalue weighted by molar-refractivity contribution is 6.30. The van der Waals surface area contributed by atoms with E-state index in [9.17, 15) is 5.11 Å². The van der Waals surface area contributed by atoms with Crippen LogP contribution in [0.25, 0.3) is 0 Å². The second-order valence-corrected chi connectivity index (χ2v) is 4.52. The summed E-state index contributed by atoms with van der Waals surface area (Å²) in [5, 5.41) is 13.2. The molecule has 2 aromatic carbocycles. The van der Waals surface area contributed by atoms with Crippen molar-refractivity contribution in [1.29, 1.82) is 0 Å². The summed E-state index contributed by atoms with van der Waals surface area (Å²) in [7, 11) is 0. The van der Waals surface area contributed by atoms with Crippen molar-refractivity contribution in [1.82, 2.24) is 0 Å². The fourth-order valence-corrected chi connectivity index (χ4v) is 1.95. The minimum Gasteiger partial charge on any atom is -0.508 e. The zero-order valence-electron chi connectivity index (χ0n) is 10.7. The number of hydrogen-bond acceptors (Lipinski definition) is 3. The van der Waals surface area contributed by atoms with Crippen LogP contribution in [0.4, 0.5) is 5.69 Å². The van der Waals surface area contributed by atoms with Gasteiger partial charge in [-0.15, -0.1) is 0 Å². The van der Waals surface area contributed by atoms with Crippen LogP contribution in [0.2, 0.25) is 5.02 Å². The van der Waals surface area contributed by atoms with Gasteiger partial charge in [-0.3, -0.25) is 0 Å². The molecule has 19 heavy (non-hydrogen) atoms. The predicted molar refractivity (Wildman–Crippen MR) is 78.1 cm³/mol. The topological polar surface area (TPSA) is 41.5 Å². The van der Waals surface area contributed by atoms with E-state index in [1.165, 1.54) is 0 Å². The summed E-state index contributed by atoms with van der Waals surface area (Å²) in [5.41, 5.74) is 1.93. The third-order valence-corrected chi connectivity index (χ3v) is 2.91. The molecule has 2 N–H and O–H groups in total. The maximum Gasteiger partial charge on any atom is 0.124 e. The van der Waals surface area contributed by atoms with Crippen molar-refractivity contribution >= 4 is 17.3 Å². The van der Waals surface area contributed by atoms with Crippen molar-refractivity contribution in [3.8, 4) is 11.5 Å². The molecule has 0 unspecified atom stereocenters. The summed E-state index contributed by atoms with van der Waals surface area (Å²) in [6.07, 6.45) is 0. The number of benzene rings is 2. The third-order valence-electron chi connectivity index (χ3n) is 2.67. The van der Waals surface area contributed by atoms with Gasteiger partial charge in [0.15, 0.2) is 0 Å². The Hall–Kier alpha value is -1.87. The number of ether oxygens (including phenoxy) is 1. The lowest BCUT2D eigenvalue weighted by molar-refractivity contribution is 0.337. The summed E-state index contributed by atoms with van der Waals surface area (Å²) >= 11 is 6.00. The third kappa shape index (κ3) is 3.80. The quantitative estimate of drug-likeness (QED) is 0.810. The molecular formula is C15H16ClNO2. The van der Waals surface area contributed by atoms with Crippen LogP contribution in [0.5, 0.6) is 11.5 Å². The van der Waals surface area contributed by atoms with Crippen LogP contribution in [0, 0.1) is 0 Å². The van der Waals surface area contributed by atoms with Crippen LogP contribution >= 0.6 is 11.6 Å². The molecule has 0 bridgehead atoms. The lowest BCUT2D eigenvalue weighted by Crippen LogP contribution is -2.03. The van der Waals surface area contributed by atoms with Gasteiger partial charge in [-0.2, -0.15) is 0 Å². The number of aromatic hydroxyl groups is 1. The smallest absolute Gasteiger partial charge is 0.124 e. The van der Waals surface area contributed by atoms with E-state index in [-0.39, 0.29) is 5.75 Å². The normalized spacial score (nSPS) is 10.2. The predicted octanol–water partition coefficient (Wildman–Crippen LogP) is 4.06. The maximum atomic E-state index is 9.23.